The third kappa shape index (κ3) is 6.65. The van der Waals surface area contributed by atoms with Crippen LogP contribution in [0, 0.1) is 0 Å². The monoisotopic (exact) mass is 568 g/mol. The van der Waals surface area contributed by atoms with Crippen LogP contribution in [0.15, 0.2) is 89.1 Å². The molecule has 2 N–H and O–H groups in total. The molecule has 0 aromatic heterocycles. The van der Waals surface area contributed by atoms with Gasteiger partial charge in [-0.1, -0.05) is 49.4 Å². The second-order valence-corrected chi connectivity index (χ2v) is 11.3. The van der Waals surface area contributed by atoms with Gasteiger partial charge in [0.05, 0.1) is 24.4 Å². The average molecular weight is 569 g/mol. The number of carbonyl (C=O) groups excluding carboxylic acids is 2. The molecule has 0 radical (unpaired) electrons. The van der Waals surface area contributed by atoms with Gasteiger partial charge in [-0.15, -0.1) is 0 Å². The molecule has 212 valence electrons. The minimum atomic E-state index is -0.330. The zero-order valence-corrected chi connectivity index (χ0v) is 24.6. The highest BCUT2D eigenvalue weighted by atomic mass is 32.2. The molecule has 1 saturated heterocycles. The maximum atomic E-state index is 13.8. The van der Waals surface area contributed by atoms with Crippen LogP contribution in [0.1, 0.15) is 60.6 Å². The van der Waals surface area contributed by atoms with Crippen LogP contribution < -0.4 is 15.4 Å². The van der Waals surface area contributed by atoms with Crippen molar-refractivity contribution in [2.75, 3.05) is 30.0 Å². The van der Waals surface area contributed by atoms with Crippen molar-refractivity contribution in [3.63, 3.8) is 0 Å². The zero-order valence-electron chi connectivity index (χ0n) is 23.8. The molecule has 8 heteroatoms. The van der Waals surface area contributed by atoms with E-state index < -0.39 is 0 Å². The Morgan fingerprint density at radius 2 is 1.76 bits per heavy atom. The molecule has 0 spiro atoms. The van der Waals surface area contributed by atoms with Gasteiger partial charge in [0.25, 0.3) is 11.8 Å². The van der Waals surface area contributed by atoms with Gasteiger partial charge in [0.15, 0.2) is 5.17 Å². The number of hydrogen-bond donors (Lipinski definition) is 2. The molecular weight excluding hydrogens is 532 g/mol. The summed E-state index contributed by atoms with van der Waals surface area (Å²) in [6.45, 7) is 4.86. The molecule has 2 aliphatic heterocycles. The van der Waals surface area contributed by atoms with Crippen molar-refractivity contribution in [2.24, 2.45) is 4.99 Å². The molecule has 1 atom stereocenters. The lowest BCUT2D eigenvalue weighted by Crippen LogP contribution is -2.43. The molecule has 0 aliphatic carbocycles. The summed E-state index contributed by atoms with van der Waals surface area (Å²) in [6.07, 6.45) is 4.29. The molecule has 1 unspecified atom stereocenters. The molecule has 2 aliphatic rings. The molecule has 0 saturated carbocycles. The highest BCUT2D eigenvalue weighted by molar-refractivity contribution is 8.13. The van der Waals surface area contributed by atoms with Crippen molar-refractivity contribution in [2.45, 2.75) is 45.6 Å². The van der Waals surface area contributed by atoms with E-state index in [1.54, 1.807) is 18.9 Å². The predicted molar refractivity (Wildman–Crippen MR) is 168 cm³/mol. The van der Waals surface area contributed by atoms with Crippen molar-refractivity contribution < 1.29 is 14.3 Å². The lowest BCUT2D eigenvalue weighted by molar-refractivity contribution is -0.113. The summed E-state index contributed by atoms with van der Waals surface area (Å²) in [5.41, 5.74) is 5.43. The van der Waals surface area contributed by atoms with Gasteiger partial charge < -0.3 is 20.3 Å². The molecule has 0 bridgehead atoms. The first-order chi connectivity index (χ1) is 20.0. The van der Waals surface area contributed by atoms with E-state index in [-0.39, 0.29) is 17.9 Å². The summed E-state index contributed by atoms with van der Waals surface area (Å²) >= 11 is 1.72. The van der Waals surface area contributed by atoms with Gasteiger partial charge in [0.1, 0.15) is 5.75 Å². The largest absolute Gasteiger partial charge is 0.497 e. The number of rotatable bonds is 9. The highest BCUT2D eigenvalue weighted by Crippen LogP contribution is 2.40. The van der Waals surface area contributed by atoms with Gasteiger partial charge in [-0.25, -0.2) is 4.99 Å². The molecule has 5 rings (SSSR count). The maximum absolute atomic E-state index is 13.8. The summed E-state index contributed by atoms with van der Waals surface area (Å²) in [6, 6.07) is 22.6. The van der Waals surface area contributed by atoms with Gasteiger partial charge >= 0.3 is 0 Å². The number of methoxy groups -OCH3 is 1. The van der Waals surface area contributed by atoms with E-state index in [0.29, 0.717) is 28.2 Å². The first-order valence-corrected chi connectivity index (χ1v) is 15.1. The van der Waals surface area contributed by atoms with Crippen LogP contribution in [0.2, 0.25) is 0 Å². The number of benzene rings is 3. The van der Waals surface area contributed by atoms with Gasteiger partial charge in [-0.3, -0.25) is 9.59 Å². The Hall–Kier alpha value is -4.04. The summed E-state index contributed by atoms with van der Waals surface area (Å²) in [5.74, 6) is 1.36. The number of ether oxygens (including phenoxy) is 1. The van der Waals surface area contributed by atoms with Crippen LogP contribution in [-0.4, -0.2) is 41.3 Å². The lowest BCUT2D eigenvalue weighted by Gasteiger charge is -2.41. The van der Waals surface area contributed by atoms with Gasteiger partial charge in [0, 0.05) is 29.2 Å². The Morgan fingerprint density at radius 1 is 1.00 bits per heavy atom. The molecule has 3 aromatic rings. The van der Waals surface area contributed by atoms with Crippen molar-refractivity contribution in [3.05, 3.63) is 101 Å². The average Bonchev–Trinajstić information content (AvgIpc) is 3.00. The van der Waals surface area contributed by atoms with E-state index in [1.807, 2.05) is 79.7 Å². The van der Waals surface area contributed by atoms with E-state index in [9.17, 15) is 9.59 Å². The quantitative estimate of drug-likeness (QED) is 0.289. The SMILES string of the molecule is CCCCc1ccc(C(=O)Nc2cccc(C3C(C(=O)Nc4ccc(OC)cc4)=C(C)N=C4SCCCN43)c2)cc1. The number of amides is 2. The molecule has 1 fully saturated rings. The van der Waals surface area contributed by atoms with E-state index in [0.717, 1.165) is 54.5 Å². The third-order valence-corrected chi connectivity index (χ3v) is 8.42. The fourth-order valence-electron chi connectivity index (χ4n) is 5.17. The third-order valence-electron chi connectivity index (χ3n) is 7.35. The molecule has 7 nitrogen and oxygen atoms in total. The fraction of sp³-hybridized carbons (Fsp3) is 0.303. The minimum absolute atomic E-state index is 0.159. The van der Waals surface area contributed by atoms with Gasteiger partial charge in [-0.2, -0.15) is 0 Å². The molecular formula is C33H36N4O3S. The standard InChI is InChI=1S/C33H36N4O3S/c1-4-5-8-23-11-13-24(14-12-23)31(38)36-27-10-6-9-25(21-27)30-29(22(2)34-33-37(30)19-7-20-41-33)32(39)35-26-15-17-28(40-3)18-16-26/h6,9-18,21,30H,4-5,7-8,19-20H2,1-3H3,(H,35,39)(H,36,38). The topological polar surface area (TPSA) is 83.0 Å². The number of aryl methyl sites for hydroxylation is 1. The van der Waals surface area contributed by atoms with E-state index in [1.165, 1.54) is 5.56 Å². The summed E-state index contributed by atoms with van der Waals surface area (Å²) < 4.78 is 5.25. The van der Waals surface area contributed by atoms with Crippen LogP contribution in [0.5, 0.6) is 5.75 Å². The first-order valence-electron chi connectivity index (χ1n) is 14.1. The van der Waals surface area contributed by atoms with Crippen molar-refractivity contribution in [1.82, 2.24) is 4.90 Å². The molecule has 2 heterocycles. The smallest absolute Gasteiger partial charge is 0.255 e. The van der Waals surface area contributed by atoms with Crippen LogP contribution >= 0.6 is 11.8 Å². The number of fused-ring (bicyclic) bond motifs is 1. The van der Waals surface area contributed by atoms with E-state index in [4.69, 9.17) is 9.73 Å². The van der Waals surface area contributed by atoms with Crippen molar-refractivity contribution in [3.8, 4) is 5.75 Å². The number of hydrogen-bond acceptors (Lipinski definition) is 6. The molecule has 2 amide bonds. The number of nitrogens with zero attached hydrogens (tertiary/aromatic N) is 2. The predicted octanol–water partition coefficient (Wildman–Crippen LogP) is 7.05. The number of carbonyl (C=O) groups is 2. The van der Waals surface area contributed by atoms with Gasteiger partial charge in [0.2, 0.25) is 0 Å². The number of amidine groups is 1. The number of allylic oxidation sites excluding steroid dienone is 1. The maximum Gasteiger partial charge on any atom is 0.255 e. The summed E-state index contributed by atoms with van der Waals surface area (Å²) in [4.78, 5) is 33.9. The zero-order chi connectivity index (χ0) is 28.8. The number of unbranched alkanes of at least 4 members (excludes halogenated alkanes) is 1. The molecule has 3 aromatic carbocycles. The fourth-order valence-corrected chi connectivity index (χ4v) is 6.19. The summed E-state index contributed by atoms with van der Waals surface area (Å²) in [7, 11) is 1.61. The molecule has 41 heavy (non-hydrogen) atoms. The van der Waals surface area contributed by atoms with Crippen molar-refractivity contribution >= 4 is 40.1 Å². The Labute approximate surface area is 246 Å². The second kappa shape index (κ2) is 13.1. The lowest BCUT2D eigenvalue weighted by atomic mass is 9.93. The van der Waals surface area contributed by atoms with Crippen LogP contribution in [0.4, 0.5) is 11.4 Å². The first kappa shape index (κ1) is 28.5. The Kier molecular flexibility index (Phi) is 9.09. The van der Waals surface area contributed by atoms with Gasteiger partial charge in [-0.05, 0) is 85.8 Å². The Morgan fingerprint density at radius 3 is 2.49 bits per heavy atom. The number of anilines is 2. The van der Waals surface area contributed by atoms with Crippen molar-refractivity contribution in [1.29, 1.82) is 0 Å². The number of thioether (sulfide) groups is 1. The number of aliphatic imine (C=N–C) groups is 1. The normalized spacial score (nSPS) is 16.5. The van der Waals surface area contributed by atoms with E-state index in [2.05, 4.69) is 22.5 Å². The van der Waals surface area contributed by atoms with Crippen LogP contribution in [0.25, 0.3) is 0 Å². The summed E-state index contributed by atoms with van der Waals surface area (Å²) in [5, 5.41) is 7.03. The Balaban J connectivity index is 1.41. The highest BCUT2D eigenvalue weighted by Gasteiger charge is 2.37. The Bertz CT molecular complexity index is 1460. The van der Waals surface area contributed by atoms with E-state index >= 15 is 0 Å². The van der Waals surface area contributed by atoms with Crippen LogP contribution in [-0.2, 0) is 11.2 Å². The minimum Gasteiger partial charge on any atom is -0.497 e. The second-order valence-electron chi connectivity index (χ2n) is 10.3. The van der Waals surface area contributed by atoms with Crippen LogP contribution in [0.3, 0.4) is 0 Å². The number of nitrogens with one attached hydrogen (secondary N) is 2.